The zero-order chi connectivity index (χ0) is 6.74. The van der Waals surface area contributed by atoms with Crippen LogP contribution in [0.15, 0.2) is 0 Å². The van der Waals surface area contributed by atoms with Crippen LogP contribution >= 0.6 is 11.6 Å². The van der Waals surface area contributed by atoms with Crippen molar-refractivity contribution < 1.29 is 22.4 Å². The molecule has 0 aromatic carbocycles. The number of hydrogen-bond donors (Lipinski definition) is 0. The monoisotopic (exact) mass is 250 g/mol. The zero-order valence-electron chi connectivity index (χ0n) is 5.66. The first-order valence-corrected chi connectivity index (χ1v) is 3.72. The molecule has 0 unspecified atom stereocenters. The predicted molar refractivity (Wildman–Crippen MR) is 38.3 cm³/mol. The second-order valence-corrected chi connectivity index (χ2v) is 3.29. The smallest absolute Gasteiger partial charge is 0.293 e. The number of halogens is 1. The maximum Gasteiger partial charge on any atom is 0.305 e. The molecule has 1 radical (unpaired) electrons. The van der Waals surface area contributed by atoms with Crippen molar-refractivity contribution in [3.05, 3.63) is 11.4 Å². The third-order valence-corrected chi connectivity index (χ3v) is 2.28. The van der Waals surface area contributed by atoms with Crippen molar-refractivity contribution in [2.45, 2.75) is 37.1 Å². The second-order valence-electron chi connectivity index (χ2n) is 2.59. The fraction of sp³-hybridized carbons (Fsp3) is 0.857. The first kappa shape index (κ1) is 10.5. The zero-order valence-corrected chi connectivity index (χ0v) is 7.90. The van der Waals surface area contributed by atoms with E-state index in [-0.39, 0.29) is 22.4 Å². The van der Waals surface area contributed by atoms with Gasteiger partial charge in [0.1, 0.15) is 0 Å². The van der Waals surface area contributed by atoms with E-state index in [0.29, 0.717) is 0 Å². The summed E-state index contributed by atoms with van der Waals surface area (Å²) >= 11 is 5.91. The standard InChI is InChI=1S/C7H10ClN.Ag/c1-9-7(8)5-3-2-4-6-7;/h2-6H2;. The van der Waals surface area contributed by atoms with Crippen molar-refractivity contribution >= 4 is 11.6 Å². The minimum absolute atomic E-state index is 0. The number of rotatable bonds is 0. The van der Waals surface area contributed by atoms with Crippen molar-refractivity contribution in [2.75, 3.05) is 0 Å². The Hall–Kier alpha value is 0.520. The molecule has 0 spiro atoms. The number of hydrogen-bond acceptors (Lipinski definition) is 0. The van der Waals surface area contributed by atoms with E-state index >= 15 is 0 Å². The quantitative estimate of drug-likeness (QED) is 0.270. The van der Waals surface area contributed by atoms with Crippen molar-refractivity contribution in [1.29, 1.82) is 0 Å². The van der Waals surface area contributed by atoms with Gasteiger partial charge in [0.15, 0.2) is 0 Å². The number of alkyl halides is 1. The summed E-state index contributed by atoms with van der Waals surface area (Å²) in [6.07, 6.45) is 5.29. The first-order chi connectivity index (χ1) is 4.27. The third kappa shape index (κ3) is 2.64. The fourth-order valence-corrected chi connectivity index (χ4v) is 1.47. The molecule has 0 aromatic rings. The molecule has 0 saturated heterocycles. The summed E-state index contributed by atoms with van der Waals surface area (Å²) in [5.74, 6) is 0. The molecule has 0 N–H and O–H groups in total. The van der Waals surface area contributed by atoms with Gasteiger partial charge in [-0.3, -0.25) is 4.85 Å². The Labute approximate surface area is 82.5 Å². The molecular formula is C7H10AgClN. The Balaban J connectivity index is 0.000000810. The molecule has 0 heterocycles. The SMILES string of the molecule is [Ag].[C-]#[N+]C1(Cl)CCCCC1. The van der Waals surface area contributed by atoms with Crippen LogP contribution in [0.4, 0.5) is 0 Å². The summed E-state index contributed by atoms with van der Waals surface area (Å²) in [6.45, 7) is 6.79. The van der Waals surface area contributed by atoms with Gasteiger partial charge in [0.2, 0.25) is 0 Å². The minimum Gasteiger partial charge on any atom is -0.293 e. The molecule has 1 saturated carbocycles. The number of nitrogens with zero attached hydrogens (tertiary/aromatic N) is 1. The molecule has 3 heteroatoms. The molecule has 1 fully saturated rings. The van der Waals surface area contributed by atoms with Crippen LogP contribution in [-0.2, 0) is 22.4 Å². The van der Waals surface area contributed by atoms with Gasteiger partial charge >= 0.3 is 5.00 Å². The fourth-order valence-electron chi connectivity index (χ4n) is 1.21. The largest absolute Gasteiger partial charge is 0.305 e. The van der Waals surface area contributed by atoms with Crippen LogP contribution in [0.5, 0.6) is 0 Å². The van der Waals surface area contributed by atoms with Crippen molar-refractivity contribution in [3.63, 3.8) is 0 Å². The van der Waals surface area contributed by atoms with Gasteiger partial charge in [-0.2, -0.15) is 0 Å². The van der Waals surface area contributed by atoms with E-state index in [9.17, 15) is 0 Å². The van der Waals surface area contributed by atoms with E-state index in [4.69, 9.17) is 18.2 Å². The maximum absolute atomic E-state index is 6.79. The van der Waals surface area contributed by atoms with Crippen LogP contribution in [0.3, 0.4) is 0 Å². The van der Waals surface area contributed by atoms with E-state index < -0.39 is 5.00 Å². The van der Waals surface area contributed by atoms with Gasteiger partial charge in [-0.25, -0.2) is 6.57 Å². The molecule has 1 nitrogen and oxygen atoms in total. The van der Waals surface area contributed by atoms with Gasteiger partial charge in [0.25, 0.3) is 0 Å². The van der Waals surface area contributed by atoms with E-state index in [2.05, 4.69) is 4.85 Å². The van der Waals surface area contributed by atoms with Crippen molar-refractivity contribution in [3.8, 4) is 0 Å². The Morgan fingerprint density at radius 2 is 1.70 bits per heavy atom. The van der Waals surface area contributed by atoms with E-state index in [0.717, 1.165) is 25.7 Å². The molecule has 61 valence electrons. The summed E-state index contributed by atoms with van der Waals surface area (Å²) in [4.78, 5) is 2.88. The summed E-state index contributed by atoms with van der Waals surface area (Å²) in [5, 5.41) is 0. The topological polar surface area (TPSA) is 4.36 Å². The Morgan fingerprint density at radius 3 is 2.00 bits per heavy atom. The van der Waals surface area contributed by atoms with Crippen LogP contribution < -0.4 is 0 Å². The summed E-state index contributed by atoms with van der Waals surface area (Å²) < 4.78 is 0. The van der Waals surface area contributed by atoms with Crippen LogP contribution in [0.2, 0.25) is 0 Å². The molecule has 1 aliphatic rings. The van der Waals surface area contributed by atoms with E-state index in [1.54, 1.807) is 0 Å². The normalized spacial score (nSPS) is 22.4. The van der Waals surface area contributed by atoms with Crippen LogP contribution in [0.25, 0.3) is 4.85 Å². The molecule has 1 aliphatic carbocycles. The first-order valence-electron chi connectivity index (χ1n) is 3.34. The molecule has 0 aromatic heterocycles. The maximum atomic E-state index is 6.79. The molecule has 0 bridgehead atoms. The minimum atomic E-state index is -0.516. The van der Waals surface area contributed by atoms with Gasteiger partial charge in [-0.15, -0.1) is 0 Å². The van der Waals surface area contributed by atoms with Crippen LogP contribution in [0.1, 0.15) is 32.1 Å². The Bertz CT molecular complexity index is 135. The van der Waals surface area contributed by atoms with Gasteiger partial charge in [0.05, 0.1) is 0 Å². The molecule has 0 amide bonds. The average Bonchev–Trinajstić information content (AvgIpc) is 1.90. The average molecular weight is 251 g/mol. The van der Waals surface area contributed by atoms with Crippen LogP contribution in [0, 0.1) is 6.57 Å². The summed E-state index contributed by atoms with van der Waals surface area (Å²) in [7, 11) is 0. The van der Waals surface area contributed by atoms with Gasteiger partial charge in [-0.05, 0) is 24.4 Å². The molecule has 0 atom stereocenters. The summed E-state index contributed by atoms with van der Waals surface area (Å²) in [5.41, 5.74) is 0. The third-order valence-electron chi connectivity index (χ3n) is 1.82. The van der Waals surface area contributed by atoms with Crippen LogP contribution in [-0.4, -0.2) is 5.00 Å². The van der Waals surface area contributed by atoms with Gasteiger partial charge < -0.3 is 0 Å². The molecule has 0 aliphatic heterocycles. The van der Waals surface area contributed by atoms with Crippen molar-refractivity contribution in [1.82, 2.24) is 0 Å². The summed E-state index contributed by atoms with van der Waals surface area (Å²) in [6, 6.07) is 0. The van der Waals surface area contributed by atoms with E-state index in [1.807, 2.05) is 0 Å². The Kier molecular flexibility index (Phi) is 4.64. The molecule has 10 heavy (non-hydrogen) atoms. The van der Waals surface area contributed by atoms with Crippen molar-refractivity contribution in [2.24, 2.45) is 0 Å². The van der Waals surface area contributed by atoms with E-state index in [1.165, 1.54) is 6.42 Å². The Morgan fingerprint density at radius 1 is 1.20 bits per heavy atom. The molecular weight excluding hydrogens is 241 g/mol. The van der Waals surface area contributed by atoms with Gasteiger partial charge in [-0.1, -0.05) is 6.42 Å². The predicted octanol–water partition coefficient (Wildman–Crippen LogP) is 2.80. The second kappa shape index (κ2) is 4.41. The van der Waals surface area contributed by atoms with Gasteiger partial charge in [0, 0.05) is 35.2 Å². The molecule has 1 rings (SSSR count).